The van der Waals surface area contributed by atoms with Crippen molar-refractivity contribution < 1.29 is 37.4 Å². The summed E-state index contributed by atoms with van der Waals surface area (Å²) in [4.78, 5) is 35.6. The molecule has 3 N–H and O–H groups in total. The van der Waals surface area contributed by atoms with E-state index in [9.17, 15) is 27.6 Å². The van der Waals surface area contributed by atoms with Crippen LogP contribution in [0, 0.1) is 0 Å². The molecule has 2 aromatic carbocycles. The number of nitrogens with one attached hydrogen (secondary N) is 2. The van der Waals surface area contributed by atoms with Gasteiger partial charge in [-0.2, -0.15) is 13.2 Å². The van der Waals surface area contributed by atoms with Crippen LogP contribution in [0.1, 0.15) is 43.7 Å². The number of carboxylic acid groups (broad SMARTS) is 1. The van der Waals surface area contributed by atoms with Crippen molar-refractivity contribution in [3.63, 3.8) is 0 Å². The highest BCUT2D eigenvalue weighted by atomic mass is 19.4. The Kier molecular flexibility index (Phi) is 7.18. The summed E-state index contributed by atoms with van der Waals surface area (Å²) >= 11 is 0. The lowest BCUT2D eigenvalue weighted by atomic mass is 9.98. The Balaban J connectivity index is 1.60. The molecule has 0 aromatic heterocycles. The maximum atomic E-state index is 13.1. The lowest BCUT2D eigenvalue weighted by Crippen LogP contribution is -2.62. The molecule has 2 atom stereocenters. The average molecular weight is 478 g/mol. The second-order valence-electron chi connectivity index (χ2n) is 8.26. The third kappa shape index (κ3) is 5.00. The monoisotopic (exact) mass is 478 g/mol. The molecule has 1 aliphatic carbocycles. The number of carbonyl (C=O) groups is 3. The minimum atomic E-state index is -5.20. The molecule has 3 rings (SSSR count). The minimum absolute atomic E-state index is 0.0354. The first-order valence-corrected chi connectivity index (χ1v) is 10.7. The van der Waals surface area contributed by atoms with Gasteiger partial charge in [-0.05, 0) is 35.6 Å². The predicted octanol–water partition coefficient (Wildman–Crippen LogP) is 4.22. The Hall–Kier alpha value is -3.56. The highest BCUT2D eigenvalue weighted by Crippen LogP contribution is 2.44. The summed E-state index contributed by atoms with van der Waals surface area (Å²) in [5.74, 6) is -3.57. The Morgan fingerprint density at radius 2 is 1.56 bits per heavy atom. The molecule has 1 aliphatic rings. The molecule has 2 unspecified atom stereocenters. The summed E-state index contributed by atoms with van der Waals surface area (Å²) < 4.78 is 44.7. The molecule has 0 radical (unpaired) electrons. The first-order valence-electron chi connectivity index (χ1n) is 10.7. The highest BCUT2D eigenvalue weighted by Gasteiger charge is 2.58. The first kappa shape index (κ1) is 25.1. The van der Waals surface area contributed by atoms with Crippen LogP contribution >= 0.6 is 0 Å². The van der Waals surface area contributed by atoms with Crippen LogP contribution in [0.5, 0.6) is 0 Å². The molecule has 2 amide bonds. The van der Waals surface area contributed by atoms with Crippen molar-refractivity contribution >= 4 is 18.0 Å². The highest BCUT2D eigenvalue weighted by molar-refractivity contribution is 5.88. The number of halogens is 3. The van der Waals surface area contributed by atoms with E-state index in [1.165, 1.54) is 5.32 Å². The fourth-order valence-electron chi connectivity index (χ4n) is 3.90. The summed E-state index contributed by atoms with van der Waals surface area (Å²) in [5, 5.41) is 12.9. The van der Waals surface area contributed by atoms with Gasteiger partial charge >= 0.3 is 18.2 Å². The zero-order valence-corrected chi connectivity index (χ0v) is 18.6. The SMILES string of the molecule is CCC(CC(=O)NC(C)(C(=O)O)C(F)(F)F)NC(=O)OCC1c2ccccc2-c2ccccc21. The van der Waals surface area contributed by atoms with E-state index in [0.29, 0.717) is 6.92 Å². The third-order valence-electron chi connectivity index (χ3n) is 5.97. The predicted molar refractivity (Wildman–Crippen MR) is 117 cm³/mol. The topological polar surface area (TPSA) is 105 Å². The van der Waals surface area contributed by atoms with Crippen molar-refractivity contribution in [3.05, 3.63) is 59.7 Å². The molecule has 182 valence electrons. The van der Waals surface area contributed by atoms with Crippen molar-refractivity contribution in [2.75, 3.05) is 6.61 Å². The van der Waals surface area contributed by atoms with E-state index in [0.717, 1.165) is 22.3 Å². The van der Waals surface area contributed by atoms with E-state index < -0.39 is 42.1 Å². The van der Waals surface area contributed by atoms with Gasteiger partial charge in [-0.3, -0.25) is 4.79 Å². The zero-order valence-electron chi connectivity index (χ0n) is 18.6. The second-order valence-corrected chi connectivity index (χ2v) is 8.26. The van der Waals surface area contributed by atoms with E-state index >= 15 is 0 Å². The van der Waals surface area contributed by atoms with Gasteiger partial charge in [0.05, 0.1) is 0 Å². The normalized spacial score (nSPS) is 15.4. The third-order valence-corrected chi connectivity index (χ3v) is 5.97. The Labute approximate surface area is 194 Å². The van der Waals surface area contributed by atoms with E-state index in [1.54, 1.807) is 6.92 Å². The molecule has 34 heavy (non-hydrogen) atoms. The van der Waals surface area contributed by atoms with Crippen LogP contribution in [0.4, 0.5) is 18.0 Å². The molecule has 7 nitrogen and oxygen atoms in total. The zero-order chi connectivity index (χ0) is 25.1. The summed E-state index contributed by atoms with van der Waals surface area (Å²) in [7, 11) is 0. The number of alkyl carbamates (subject to hydrolysis) is 1. The summed E-state index contributed by atoms with van der Waals surface area (Å²) in [6.07, 6.45) is -6.35. The number of ether oxygens (including phenoxy) is 1. The van der Waals surface area contributed by atoms with Gasteiger partial charge in [0.2, 0.25) is 11.4 Å². The molecular weight excluding hydrogens is 453 g/mol. The number of aliphatic carboxylic acids is 1. The van der Waals surface area contributed by atoms with E-state index in [4.69, 9.17) is 9.84 Å². The number of alkyl halides is 3. The van der Waals surface area contributed by atoms with Crippen LogP contribution in [0.15, 0.2) is 48.5 Å². The smallest absolute Gasteiger partial charge is 0.422 e. The van der Waals surface area contributed by atoms with Crippen LogP contribution in [0.25, 0.3) is 11.1 Å². The van der Waals surface area contributed by atoms with E-state index in [-0.39, 0.29) is 18.9 Å². The largest absolute Gasteiger partial charge is 0.479 e. The summed E-state index contributed by atoms with van der Waals surface area (Å²) in [6, 6.07) is 14.7. The van der Waals surface area contributed by atoms with Crippen molar-refractivity contribution in [2.24, 2.45) is 0 Å². The average Bonchev–Trinajstić information content (AvgIpc) is 3.10. The van der Waals surface area contributed by atoms with Crippen LogP contribution in [0.2, 0.25) is 0 Å². The van der Waals surface area contributed by atoms with Crippen LogP contribution < -0.4 is 10.6 Å². The van der Waals surface area contributed by atoms with Gasteiger partial charge in [-0.15, -0.1) is 0 Å². The Morgan fingerprint density at radius 1 is 1.03 bits per heavy atom. The molecule has 0 fully saturated rings. The lowest BCUT2D eigenvalue weighted by Gasteiger charge is -2.29. The van der Waals surface area contributed by atoms with Gasteiger partial charge in [0.1, 0.15) is 6.61 Å². The molecule has 0 heterocycles. The lowest BCUT2D eigenvalue weighted by molar-refractivity contribution is -0.207. The van der Waals surface area contributed by atoms with E-state index in [1.807, 2.05) is 48.5 Å². The number of hydrogen-bond acceptors (Lipinski definition) is 4. The fraction of sp³-hybridized carbons (Fsp3) is 0.375. The number of carbonyl (C=O) groups excluding carboxylic acids is 2. The molecule has 0 spiro atoms. The molecule has 0 saturated carbocycles. The molecule has 0 aliphatic heterocycles. The van der Waals surface area contributed by atoms with Gasteiger partial charge in [-0.25, -0.2) is 9.59 Å². The molecule has 0 saturated heterocycles. The quantitative estimate of drug-likeness (QED) is 0.527. The number of rotatable bonds is 8. The fourth-order valence-corrected chi connectivity index (χ4v) is 3.90. The number of hydrogen-bond donors (Lipinski definition) is 3. The number of benzene rings is 2. The summed E-state index contributed by atoms with van der Waals surface area (Å²) in [5.41, 5.74) is 0.709. The van der Waals surface area contributed by atoms with Crippen LogP contribution in [-0.2, 0) is 14.3 Å². The molecule has 2 aromatic rings. The van der Waals surface area contributed by atoms with Crippen LogP contribution in [-0.4, -0.2) is 47.4 Å². The second kappa shape index (κ2) is 9.74. The van der Waals surface area contributed by atoms with Crippen molar-refractivity contribution in [1.29, 1.82) is 0 Å². The summed E-state index contributed by atoms with van der Waals surface area (Å²) in [6.45, 7) is 2.03. The van der Waals surface area contributed by atoms with Crippen molar-refractivity contribution in [3.8, 4) is 11.1 Å². The van der Waals surface area contributed by atoms with Gasteiger partial charge < -0.3 is 20.5 Å². The molecule has 10 heteroatoms. The number of amides is 2. The maximum absolute atomic E-state index is 13.1. The van der Waals surface area contributed by atoms with Gasteiger partial charge in [0.15, 0.2) is 0 Å². The van der Waals surface area contributed by atoms with Crippen molar-refractivity contribution in [2.45, 2.75) is 50.4 Å². The Bertz CT molecular complexity index is 1040. The Morgan fingerprint density at radius 3 is 2.03 bits per heavy atom. The van der Waals surface area contributed by atoms with Gasteiger partial charge in [0, 0.05) is 18.4 Å². The van der Waals surface area contributed by atoms with Crippen LogP contribution in [0.3, 0.4) is 0 Å². The van der Waals surface area contributed by atoms with Gasteiger partial charge in [0.25, 0.3) is 0 Å². The molecular formula is C24H25F3N2O5. The van der Waals surface area contributed by atoms with Crippen molar-refractivity contribution in [1.82, 2.24) is 10.6 Å². The number of carboxylic acids is 1. The van der Waals surface area contributed by atoms with E-state index in [2.05, 4.69) is 5.32 Å². The number of fused-ring (bicyclic) bond motifs is 3. The standard InChI is InChI=1S/C24H25F3N2O5/c1-3-14(12-20(30)29-23(2,21(31)32)24(25,26)27)28-22(33)34-13-19-17-10-6-4-8-15(17)16-9-5-7-11-18(16)19/h4-11,14,19H,3,12-13H2,1-2H3,(H,28,33)(H,29,30)(H,31,32). The maximum Gasteiger partial charge on any atom is 0.422 e. The van der Waals surface area contributed by atoms with Gasteiger partial charge in [-0.1, -0.05) is 55.5 Å². The minimum Gasteiger partial charge on any atom is -0.479 e. The molecule has 0 bridgehead atoms. The first-order chi connectivity index (χ1) is 16.0.